The van der Waals surface area contributed by atoms with Crippen molar-refractivity contribution in [1.29, 1.82) is 0 Å². The summed E-state index contributed by atoms with van der Waals surface area (Å²) in [7, 11) is 0. The van der Waals surface area contributed by atoms with Crippen molar-refractivity contribution >= 4 is 17.9 Å². The van der Waals surface area contributed by atoms with Gasteiger partial charge in [-0.25, -0.2) is 4.79 Å². The molecule has 0 unspecified atom stereocenters. The second-order valence-electron chi connectivity index (χ2n) is 3.46. The molecule has 8 nitrogen and oxygen atoms in total. The first-order valence-corrected chi connectivity index (χ1v) is 5.19. The third kappa shape index (κ3) is 4.16. The Kier molecular flexibility index (Phi) is 4.73. The number of carbonyl (C=O) groups excluding carboxylic acids is 2. The Hall–Kier alpha value is -2.51. The Labute approximate surface area is 103 Å². The summed E-state index contributed by atoms with van der Waals surface area (Å²) in [5, 5.41) is 13.5. The maximum Gasteiger partial charge on any atom is 0.323 e. The van der Waals surface area contributed by atoms with E-state index in [0.717, 1.165) is 0 Å². The number of primary amides is 1. The van der Waals surface area contributed by atoms with Crippen LogP contribution in [0.5, 0.6) is 0 Å². The van der Waals surface area contributed by atoms with Crippen LogP contribution < -0.4 is 16.4 Å². The number of nitrogens with two attached hydrogens (primary N) is 1. The minimum Gasteiger partial charge on any atom is -0.480 e. The van der Waals surface area contributed by atoms with Gasteiger partial charge in [0.2, 0.25) is 0 Å². The van der Waals surface area contributed by atoms with E-state index in [0.29, 0.717) is 0 Å². The van der Waals surface area contributed by atoms with Gasteiger partial charge < -0.3 is 26.0 Å². The minimum atomic E-state index is -1.03. The van der Waals surface area contributed by atoms with E-state index < -0.39 is 17.9 Å². The molecular formula is C10H14N4O4. The highest BCUT2D eigenvalue weighted by atomic mass is 16.4. The molecule has 98 valence electrons. The van der Waals surface area contributed by atoms with Crippen molar-refractivity contribution in [3.05, 3.63) is 24.0 Å². The highest BCUT2D eigenvalue weighted by Gasteiger charge is 2.11. The Bertz CT molecular complexity index is 454. The summed E-state index contributed by atoms with van der Waals surface area (Å²) < 4.78 is 1.32. The molecule has 0 atom stereocenters. The van der Waals surface area contributed by atoms with Gasteiger partial charge in [-0.05, 0) is 12.1 Å². The number of amides is 3. The van der Waals surface area contributed by atoms with Crippen molar-refractivity contribution in [1.82, 2.24) is 15.2 Å². The molecule has 0 aliphatic carbocycles. The maximum absolute atomic E-state index is 11.7. The van der Waals surface area contributed by atoms with Crippen molar-refractivity contribution in [2.45, 2.75) is 6.54 Å². The van der Waals surface area contributed by atoms with Crippen molar-refractivity contribution in [2.75, 3.05) is 13.1 Å². The Morgan fingerprint density at radius 2 is 1.94 bits per heavy atom. The Morgan fingerprint density at radius 1 is 1.28 bits per heavy atom. The van der Waals surface area contributed by atoms with E-state index in [1.807, 2.05) is 0 Å². The lowest BCUT2D eigenvalue weighted by atomic mass is 10.4. The zero-order chi connectivity index (χ0) is 13.5. The van der Waals surface area contributed by atoms with Crippen molar-refractivity contribution in [3.63, 3.8) is 0 Å². The Balaban J connectivity index is 2.48. The standard InChI is InChI=1S/C10H14N4O4/c11-10(18)13-4-3-12-9(17)7-2-1-5-14(7)6-8(15)16/h1-2,5H,3-4,6H2,(H,12,17)(H,15,16)(H3,11,13,18). The first-order chi connectivity index (χ1) is 8.50. The van der Waals surface area contributed by atoms with E-state index in [1.165, 1.54) is 16.8 Å². The molecule has 0 saturated heterocycles. The van der Waals surface area contributed by atoms with E-state index in [9.17, 15) is 14.4 Å². The molecule has 0 aliphatic heterocycles. The van der Waals surface area contributed by atoms with Gasteiger partial charge in [-0.1, -0.05) is 0 Å². The van der Waals surface area contributed by atoms with Crippen molar-refractivity contribution in [2.24, 2.45) is 5.73 Å². The van der Waals surface area contributed by atoms with E-state index in [4.69, 9.17) is 10.8 Å². The first-order valence-electron chi connectivity index (χ1n) is 5.19. The molecule has 0 radical (unpaired) electrons. The maximum atomic E-state index is 11.7. The third-order valence-electron chi connectivity index (χ3n) is 2.08. The zero-order valence-electron chi connectivity index (χ0n) is 9.55. The second kappa shape index (κ2) is 6.28. The van der Waals surface area contributed by atoms with Crippen LogP contribution in [0.25, 0.3) is 0 Å². The van der Waals surface area contributed by atoms with Gasteiger partial charge in [-0.15, -0.1) is 0 Å². The quantitative estimate of drug-likeness (QED) is 0.484. The number of hydrogen-bond donors (Lipinski definition) is 4. The molecule has 1 rings (SSSR count). The highest BCUT2D eigenvalue weighted by molar-refractivity contribution is 5.93. The molecular weight excluding hydrogens is 240 g/mol. The van der Waals surface area contributed by atoms with Crippen LogP contribution in [0.3, 0.4) is 0 Å². The molecule has 1 aromatic rings. The summed E-state index contributed by atoms with van der Waals surface area (Å²) in [6.45, 7) is 0.135. The van der Waals surface area contributed by atoms with Crippen LogP contribution in [-0.2, 0) is 11.3 Å². The van der Waals surface area contributed by atoms with Crippen LogP contribution >= 0.6 is 0 Å². The minimum absolute atomic E-state index is 0.208. The fourth-order valence-electron chi connectivity index (χ4n) is 1.36. The van der Waals surface area contributed by atoms with Crippen LogP contribution in [0.2, 0.25) is 0 Å². The average Bonchev–Trinajstić information content (AvgIpc) is 2.71. The van der Waals surface area contributed by atoms with Gasteiger partial charge in [0.05, 0.1) is 0 Å². The molecule has 0 aromatic carbocycles. The van der Waals surface area contributed by atoms with Crippen LogP contribution in [0.4, 0.5) is 4.79 Å². The topological polar surface area (TPSA) is 126 Å². The first kappa shape index (κ1) is 13.6. The summed E-state index contributed by atoms with van der Waals surface area (Å²) in [5.41, 5.74) is 5.10. The van der Waals surface area contributed by atoms with Crippen LogP contribution in [0, 0.1) is 0 Å². The van der Waals surface area contributed by atoms with Gasteiger partial charge in [-0.3, -0.25) is 9.59 Å². The molecule has 0 aliphatic rings. The lowest BCUT2D eigenvalue weighted by molar-refractivity contribution is -0.137. The monoisotopic (exact) mass is 254 g/mol. The number of nitrogens with one attached hydrogen (secondary N) is 2. The van der Waals surface area contributed by atoms with Gasteiger partial charge in [-0.2, -0.15) is 0 Å². The predicted molar refractivity (Wildman–Crippen MR) is 62.0 cm³/mol. The van der Waals surface area contributed by atoms with E-state index >= 15 is 0 Å². The predicted octanol–water partition coefficient (Wildman–Crippen LogP) is -1.03. The van der Waals surface area contributed by atoms with Gasteiger partial charge in [0.1, 0.15) is 12.2 Å². The van der Waals surface area contributed by atoms with Gasteiger partial charge in [0, 0.05) is 19.3 Å². The number of rotatable bonds is 6. The fourth-order valence-corrected chi connectivity index (χ4v) is 1.36. The summed E-state index contributed by atoms with van der Waals surface area (Å²) in [5.74, 6) is -1.44. The van der Waals surface area contributed by atoms with E-state index in [2.05, 4.69) is 10.6 Å². The lowest BCUT2D eigenvalue weighted by Crippen LogP contribution is -2.37. The molecule has 3 amide bonds. The molecule has 18 heavy (non-hydrogen) atoms. The van der Waals surface area contributed by atoms with Crippen molar-refractivity contribution in [3.8, 4) is 0 Å². The molecule has 1 heterocycles. The van der Waals surface area contributed by atoms with Crippen LogP contribution in [-0.4, -0.2) is 40.7 Å². The molecule has 8 heteroatoms. The summed E-state index contributed by atoms with van der Waals surface area (Å²) in [4.78, 5) is 32.6. The second-order valence-corrected chi connectivity index (χ2v) is 3.46. The van der Waals surface area contributed by atoms with Gasteiger partial charge >= 0.3 is 12.0 Å². The average molecular weight is 254 g/mol. The highest BCUT2D eigenvalue weighted by Crippen LogP contribution is 2.01. The summed E-state index contributed by atoms with van der Waals surface area (Å²) >= 11 is 0. The molecule has 0 bridgehead atoms. The van der Waals surface area contributed by atoms with Gasteiger partial charge in [0.15, 0.2) is 0 Å². The largest absolute Gasteiger partial charge is 0.480 e. The summed E-state index contributed by atoms with van der Waals surface area (Å²) in [6.07, 6.45) is 1.50. The molecule has 1 aromatic heterocycles. The number of urea groups is 1. The van der Waals surface area contributed by atoms with Crippen molar-refractivity contribution < 1.29 is 19.5 Å². The van der Waals surface area contributed by atoms with Crippen LogP contribution in [0.15, 0.2) is 18.3 Å². The van der Waals surface area contributed by atoms with Crippen LogP contribution in [0.1, 0.15) is 10.5 Å². The zero-order valence-corrected chi connectivity index (χ0v) is 9.55. The number of aliphatic carboxylic acids is 1. The summed E-state index contributed by atoms with van der Waals surface area (Å²) in [6, 6.07) is 2.43. The lowest BCUT2D eigenvalue weighted by Gasteiger charge is -2.08. The van der Waals surface area contributed by atoms with E-state index in [1.54, 1.807) is 6.07 Å². The van der Waals surface area contributed by atoms with E-state index in [-0.39, 0.29) is 25.3 Å². The molecule has 0 fully saturated rings. The SMILES string of the molecule is NC(=O)NCCNC(=O)c1cccn1CC(=O)O. The smallest absolute Gasteiger partial charge is 0.323 e. The number of aromatic nitrogens is 1. The third-order valence-corrected chi connectivity index (χ3v) is 2.08. The fraction of sp³-hybridized carbons (Fsp3) is 0.300. The number of carboxylic acids is 1. The Morgan fingerprint density at radius 3 is 2.56 bits per heavy atom. The number of carboxylic acid groups (broad SMARTS) is 1. The number of nitrogens with zero attached hydrogens (tertiary/aromatic N) is 1. The number of carbonyl (C=O) groups is 3. The molecule has 0 saturated carbocycles. The van der Waals surface area contributed by atoms with Gasteiger partial charge in [0.25, 0.3) is 5.91 Å². The molecule has 5 N–H and O–H groups in total. The number of hydrogen-bond acceptors (Lipinski definition) is 3. The molecule has 0 spiro atoms. The normalized spacial score (nSPS) is 9.78.